The number of halogens is 1. The standard InChI is InChI=1S/C14H12FN/c15-14-11-4-2-1-3-10(11)13-7-9(8-16)5-6-12(13)14/h1-7,14H,8,16H2. The van der Waals surface area contributed by atoms with Crippen molar-refractivity contribution in [3.8, 4) is 11.1 Å². The van der Waals surface area contributed by atoms with Gasteiger partial charge in [0, 0.05) is 6.54 Å². The Bertz CT molecular complexity index is 548. The molecule has 0 bridgehead atoms. The van der Waals surface area contributed by atoms with Crippen molar-refractivity contribution in [1.82, 2.24) is 0 Å². The molecule has 1 nitrogen and oxygen atoms in total. The van der Waals surface area contributed by atoms with E-state index in [0.29, 0.717) is 6.54 Å². The quantitative estimate of drug-likeness (QED) is 0.773. The van der Waals surface area contributed by atoms with Gasteiger partial charge < -0.3 is 5.73 Å². The van der Waals surface area contributed by atoms with Crippen molar-refractivity contribution in [1.29, 1.82) is 0 Å². The fourth-order valence-corrected chi connectivity index (χ4v) is 2.32. The molecule has 2 aromatic rings. The van der Waals surface area contributed by atoms with Crippen LogP contribution in [0.4, 0.5) is 4.39 Å². The van der Waals surface area contributed by atoms with E-state index in [1.54, 1.807) is 0 Å². The minimum atomic E-state index is -0.988. The van der Waals surface area contributed by atoms with E-state index in [4.69, 9.17) is 5.73 Å². The van der Waals surface area contributed by atoms with Crippen LogP contribution in [0.3, 0.4) is 0 Å². The molecule has 0 saturated carbocycles. The van der Waals surface area contributed by atoms with E-state index in [-0.39, 0.29) is 0 Å². The van der Waals surface area contributed by atoms with Crippen LogP contribution in [0, 0.1) is 0 Å². The predicted molar refractivity (Wildman–Crippen MR) is 62.7 cm³/mol. The summed E-state index contributed by atoms with van der Waals surface area (Å²) in [6.45, 7) is 0.492. The van der Waals surface area contributed by atoms with Crippen LogP contribution >= 0.6 is 0 Å². The molecule has 0 spiro atoms. The summed E-state index contributed by atoms with van der Waals surface area (Å²) in [6, 6.07) is 13.4. The van der Waals surface area contributed by atoms with Gasteiger partial charge in [0.15, 0.2) is 6.17 Å². The van der Waals surface area contributed by atoms with E-state index < -0.39 is 6.17 Å². The molecule has 1 aliphatic carbocycles. The number of benzene rings is 2. The number of nitrogens with two attached hydrogens (primary N) is 1. The smallest absolute Gasteiger partial charge is 0.151 e. The Morgan fingerprint density at radius 3 is 2.56 bits per heavy atom. The van der Waals surface area contributed by atoms with Gasteiger partial charge in [0.2, 0.25) is 0 Å². The average Bonchev–Trinajstić information content (AvgIpc) is 2.64. The van der Waals surface area contributed by atoms with E-state index in [1.165, 1.54) is 0 Å². The highest BCUT2D eigenvalue weighted by Crippen LogP contribution is 2.45. The van der Waals surface area contributed by atoms with Crippen LogP contribution in [0.5, 0.6) is 0 Å². The Balaban J connectivity index is 2.27. The second-order valence-electron chi connectivity index (χ2n) is 4.08. The molecular formula is C14H12FN. The summed E-state index contributed by atoms with van der Waals surface area (Å²) in [6.07, 6.45) is -0.988. The summed E-state index contributed by atoms with van der Waals surface area (Å²) in [5.41, 5.74) is 10.2. The van der Waals surface area contributed by atoms with Gasteiger partial charge in [-0.2, -0.15) is 0 Å². The molecule has 0 saturated heterocycles. The third-order valence-corrected chi connectivity index (χ3v) is 3.15. The Morgan fingerprint density at radius 1 is 1.00 bits per heavy atom. The van der Waals surface area contributed by atoms with Crippen molar-refractivity contribution in [2.24, 2.45) is 5.73 Å². The van der Waals surface area contributed by atoms with Crippen LogP contribution in [0.25, 0.3) is 11.1 Å². The fourth-order valence-electron chi connectivity index (χ4n) is 2.32. The number of rotatable bonds is 1. The molecule has 0 aliphatic heterocycles. The normalized spacial score (nSPS) is 17.0. The van der Waals surface area contributed by atoms with Crippen molar-refractivity contribution in [2.45, 2.75) is 12.7 Å². The van der Waals surface area contributed by atoms with Gasteiger partial charge in [-0.15, -0.1) is 0 Å². The Morgan fingerprint density at radius 2 is 1.75 bits per heavy atom. The highest BCUT2D eigenvalue weighted by atomic mass is 19.1. The molecule has 1 aliphatic rings. The fraction of sp³-hybridized carbons (Fsp3) is 0.143. The zero-order chi connectivity index (χ0) is 11.1. The molecule has 0 heterocycles. The maximum Gasteiger partial charge on any atom is 0.151 e. The third-order valence-electron chi connectivity index (χ3n) is 3.15. The zero-order valence-corrected chi connectivity index (χ0v) is 8.78. The van der Waals surface area contributed by atoms with Crippen LogP contribution in [0.2, 0.25) is 0 Å². The molecule has 2 heteroatoms. The van der Waals surface area contributed by atoms with E-state index in [9.17, 15) is 4.39 Å². The van der Waals surface area contributed by atoms with Gasteiger partial charge in [0.05, 0.1) is 0 Å². The number of hydrogen-bond donors (Lipinski definition) is 1. The van der Waals surface area contributed by atoms with Gasteiger partial charge in [0.1, 0.15) is 0 Å². The van der Waals surface area contributed by atoms with Crippen molar-refractivity contribution in [3.05, 3.63) is 59.2 Å². The first kappa shape index (κ1) is 9.55. The largest absolute Gasteiger partial charge is 0.326 e. The summed E-state index contributed by atoms with van der Waals surface area (Å²) >= 11 is 0. The molecule has 16 heavy (non-hydrogen) atoms. The van der Waals surface area contributed by atoms with Gasteiger partial charge in [-0.3, -0.25) is 0 Å². The lowest BCUT2D eigenvalue weighted by atomic mass is 10.0. The van der Waals surface area contributed by atoms with Gasteiger partial charge in [-0.25, -0.2) is 4.39 Å². The van der Waals surface area contributed by atoms with E-state index in [0.717, 1.165) is 27.8 Å². The topological polar surface area (TPSA) is 26.0 Å². The molecule has 2 N–H and O–H groups in total. The van der Waals surface area contributed by atoms with Gasteiger partial charge in [0.25, 0.3) is 0 Å². The van der Waals surface area contributed by atoms with Crippen LogP contribution in [-0.4, -0.2) is 0 Å². The minimum Gasteiger partial charge on any atom is -0.326 e. The maximum absolute atomic E-state index is 14.1. The van der Waals surface area contributed by atoms with Gasteiger partial charge in [-0.05, 0) is 33.9 Å². The lowest BCUT2D eigenvalue weighted by Gasteiger charge is -2.04. The van der Waals surface area contributed by atoms with E-state index >= 15 is 0 Å². The van der Waals surface area contributed by atoms with Crippen LogP contribution < -0.4 is 5.73 Å². The highest BCUT2D eigenvalue weighted by Gasteiger charge is 2.27. The molecule has 2 aromatic carbocycles. The minimum absolute atomic E-state index is 0.492. The zero-order valence-electron chi connectivity index (χ0n) is 8.78. The predicted octanol–water partition coefficient (Wildman–Crippen LogP) is 3.18. The Labute approximate surface area is 93.7 Å². The second-order valence-corrected chi connectivity index (χ2v) is 4.08. The van der Waals surface area contributed by atoms with Crippen molar-refractivity contribution in [2.75, 3.05) is 0 Å². The van der Waals surface area contributed by atoms with E-state index in [1.807, 2.05) is 42.5 Å². The molecule has 0 aromatic heterocycles. The van der Waals surface area contributed by atoms with Gasteiger partial charge in [-0.1, -0.05) is 36.4 Å². The van der Waals surface area contributed by atoms with Crippen molar-refractivity contribution < 1.29 is 4.39 Å². The first-order valence-electron chi connectivity index (χ1n) is 5.37. The Hall–Kier alpha value is -1.67. The summed E-state index contributed by atoms with van der Waals surface area (Å²) in [4.78, 5) is 0. The SMILES string of the molecule is NCc1ccc2c(c1)-c1ccccc1C2F. The number of fused-ring (bicyclic) bond motifs is 3. The first-order valence-corrected chi connectivity index (χ1v) is 5.37. The lowest BCUT2D eigenvalue weighted by Crippen LogP contribution is -1.96. The highest BCUT2D eigenvalue weighted by molar-refractivity contribution is 5.78. The second kappa shape index (κ2) is 3.42. The third kappa shape index (κ3) is 1.20. The van der Waals surface area contributed by atoms with Crippen LogP contribution in [0.1, 0.15) is 22.9 Å². The molecule has 0 radical (unpaired) electrons. The molecule has 1 unspecified atom stereocenters. The lowest BCUT2D eigenvalue weighted by molar-refractivity contribution is 0.409. The number of alkyl halides is 1. The monoisotopic (exact) mass is 213 g/mol. The first-order chi connectivity index (χ1) is 7.81. The average molecular weight is 213 g/mol. The molecule has 1 atom stereocenters. The number of hydrogen-bond acceptors (Lipinski definition) is 1. The Kier molecular flexibility index (Phi) is 2.04. The summed E-state index contributed by atoms with van der Waals surface area (Å²) in [5, 5.41) is 0. The molecule has 0 amide bonds. The molecule has 80 valence electrons. The van der Waals surface area contributed by atoms with Gasteiger partial charge >= 0.3 is 0 Å². The van der Waals surface area contributed by atoms with E-state index in [2.05, 4.69) is 0 Å². The van der Waals surface area contributed by atoms with Crippen molar-refractivity contribution >= 4 is 0 Å². The van der Waals surface area contributed by atoms with Crippen LogP contribution in [0.15, 0.2) is 42.5 Å². The maximum atomic E-state index is 14.1. The summed E-state index contributed by atoms with van der Waals surface area (Å²) in [5.74, 6) is 0. The summed E-state index contributed by atoms with van der Waals surface area (Å²) < 4.78 is 14.1. The molecule has 0 fully saturated rings. The van der Waals surface area contributed by atoms with Crippen LogP contribution in [-0.2, 0) is 6.54 Å². The molecule has 3 rings (SSSR count). The van der Waals surface area contributed by atoms with Crippen molar-refractivity contribution in [3.63, 3.8) is 0 Å². The summed E-state index contributed by atoms with van der Waals surface area (Å²) in [7, 11) is 0. The molecular weight excluding hydrogens is 201 g/mol.